The number of carbonyl (C=O) groups excluding carboxylic acids is 3. The number of hydrogen-bond acceptors (Lipinski definition) is 4. The maximum absolute atomic E-state index is 12.8. The predicted molar refractivity (Wildman–Crippen MR) is 106 cm³/mol. The lowest BCUT2D eigenvalue weighted by atomic mass is 9.49. The van der Waals surface area contributed by atoms with Gasteiger partial charge < -0.3 is 15.4 Å². The second kappa shape index (κ2) is 7.07. The van der Waals surface area contributed by atoms with Crippen LogP contribution in [0.15, 0.2) is 24.3 Å². The van der Waals surface area contributed by atoms with Gasteiger partial charge in [0.15, 0.2) is 6.61 Å². The molecule has 4 aliphatic carbocycles. The molecule has 6 nitrogen and oxygen atoms in total. The van der Waals surface area contributed by atoms with E-state index in [9.17, 15) is 14.4 Å². The van der Waals surface area contributed by atoms with E-state index in [0.717, 1.165) is 25.7 Å². The van der Waals surface area contributed by atoms with E-state index in [4.69, 9.17) is 16.3 Å². The van der Waals surface area contributed by atoms with E-state index in [2.05, 4.69) is 10.6 Å². The van der Waals surface area contributed by atoms with Gasteiger partial charge in [-0.3, -0.25) is 14.4 Å². The molecule has 0 aromatic heterocycles. The molecule has 28 heavy (non-hydrogen) atoms. The molecule has 0 radical (unpaired) electrons. The number of halogens is 1. The van der Waals surface area contributed by atoms with Crippen molar-refractivity contribution < 1.29 is 19.1 Å². The van der Waals surface area contributed by atoms with E-state index >= 15 is 0 Å². The molecule has 2 unspecified atom stereocenters. The van der Waals surface area contributed by atoms with E-state index in [1.165, 1.54) is 13.3 Å². The Labute approximate surface area is 169 Å². The Morgan fingerprint density at radius 3 is 2.14 bits per heavy atom. The summed E-state index contributed by atoms with van der Waals surface area (Å²) in [5, 5.41) is 5.36. The van der Waals surface area contributed by atoms with Crippen molar-refractivity contribution in [3.63, 3.8) is 0 Å². The Kier molecular flexibility index (Phi) is 4.86. The maximum Gasteiger partial charge on any atom is 0.312 e. The third-order valence-electron chi connectivity index (χ3n) is 6.25. The van der Waals surface area contributed by atoms with Crippen LogP contribution in [-0.2, 0) is 19.1 Å². The lowest BCUT2D eigenvalue weighted by Gasteiger charge is -2.58. The molecule has 4 bridgehead atoms. The molecule has 1 aromatic carbocycles. The summed E-state index contributed by atoms with van der Waals surface area (Å²) < 4.78 is 5.42. The van der Waals surface area contributed by atoms with Crippen LogP contribution in [0.3, 0.4) is 0 Å². The van der Waals surface area contributed by atoms with Gasteiger partial charge in [0.25, 0.3) is 5.91 Å². The first kappa shape index (κ1) is 19.2. The Bertz CT molecular complexity index is 793. The summed E-state index contributed by atoms with van der Waals surface area (Å²) in [5.74, 6) is 0.185. The molecule has 7 heteroatoms. The van der Waals surface area contributed by atoms with Crippen LogP contribution in [0.5, 0.6) is 0 Å². The molecular weight excluding hydrogens is 380 g/mol. The molecule has 0 aliphatic heterocycles. The van der Waals surface area contributed by atoms with Crippen LogP contribution in [0.4, 0.5) is 11.4 Å². The number of rotatable bonds is 5. The number of alkyl halides is 1. The standard InChI is InChI=1S/C21H25ClN2O4/c1-13(25)23-16-2-4-17(5-3-16)24-18(26)11-28-19(27)20-7-14-6-15(8-20)10-21(22,9-14)12-20/h2-5,14-15H,6-12H2,1H3,(H,23,25)(H,24,26)/t14-,15+,20?,21?. The van der Waals surface area contributed by atoms with E-state index in [-0.39, 0.29) is 29.3 Å². The number of anilines is 2. The van der Waals surface area contributed by atoms with E-state index < -0.39 is 5.41 Å². The van der Waals surface area contributed by atoms with E-state index in [1.54, 1.807) is 24.3 Å². The largest absolute Gasteiger partial charge is 0.455 e. The van der Waals surface area contributed by atoms with Crippen LogP contribution in [0.25, 0.3) is 0 Å². The van der Waals surface area contributed by atoms with Crippen molar-refractivity contribution in [1.82, 2.24) is 0 Å². The summed E-state index contributed by atoms with van der Waals surface area (Å²) in [7, 11) is 0. The lowest BCUT2D eigenvalue weighted by Crippen LogP contribution is -2.56. The zero-order valence-corrected chi connectivity index (χ0v) is 16.7. The first-order valence-corrected chi connectivity index (χ1v) is 10.2. The van der Waals surface area contributed by atoms with Gasteiger partial charge in [-0.05, 0) is 74.6 Å². The molecule has 4 atom stereocenters. The molecule has 4 aliphatic rings. The summed E-state index contributed by atoms with van der Waals surface area (Å²) in [6.07, 6.45) is 5.49. The third-order valence-corrected chi connectivity index (χ3v) is 6.69. The fraction of sp³-hybridized carbons (Fsp3) is 0.571. The Morgan fingerprint density at radius 2 is 1.61 bits per heavy atom. The molecule has 150 valence electrons. The molecule has 4 saturated carbocycles. The maximum atomic E-state index is 12.8. The molecule has 0 spiro atoms. The summed E-state index contributed by atoms with van der Waals surface area (Å²) in [6.45, 7) is 1.12. The molecule has 2 N–H and O–H groups in total. The van der Waals surface area contributed by atoms with Gasteiger partial charge in [-0.25, -0.2) is 0 Å². The lowest BCUT2D eigenvalue weighted by molar-refractivity contribution is -0.171. The van der Waals surface area contributed by atoms with Crippen LogP contribution in [0.2, 0.25) is 0 Å². The van der Waals surface area contributed by atoms with Crippen LogP contribution in [-0.4, -0.2) is 29.3 Å². The first-order valence-electron chi connectivity index (χ1n) is 9.79. The molecule has 4 fully saturated rings. The molecule has 5 rings (SSSR count). The van der Waals surface area contributed by atoms with Gasteiger partial charge in [-0.2, -0.15) is 0 Å². The van der Waals surface area contributed by atoms with Crippen molar-refractivity contribution >= 4 is 40.8 Å². The third kappa shape index (κ3) is 3.88. The van der Waals surface area contributed by atoms with Crippen molar-refractivity contribution in [1.29, 1.82) is 0 Å². The first-order chi connectivity index (χ1) is 13.3. The molecular formula is C21H25ClN2O4. The monoisotopic (exact) mass is 404 g/mol. The number of esters is 1. The van der Waals surface area contributed by atoms with Gasteiger partial charge in [0.05, 0.1) is 5.41 Å². The van der Waals surface area contributed by atoms with Crippen molar-refractivity contribution in [2.24, 2.45) is 17.3 Å². The Balaban J connectivity index is 1.31. The highest BCUT2D eigenvalue weighted by atomic mass is 35.5. The van der Waals surface area contributed by atoms with Gasteiger partial charge in [-0.1, -0.05) is 0 Å². The van der Waals surface area contributed by atoms with Crippen molar-refractivity contribution in [2.75, 3.05) is 17.2 Å². The van der Waals surface area contributed by atoms with Crippen molar-refractivity contribution in [3.8, 4) is 0 Å². The minimum Gasteiger partial charge on any atom is -0.455 e. The number of hydrogen-bond donors (Lipinski definition) is 2. The number of benzene rings is 1. The highest BCUT2D eigenvalue weighted by molar-refractivity contribution is 6.24. The number of ether oxygens (including phenoxy) is 1. The number of nitrogens with one attached hydrogen (secondary N) is 2. The highest BCUT2D eigenvalue weighted by Crippen LogP contribution is 2.64. The van der Waals surface area contributed by atoms with Gasteiger partial charge in [0.2, 0.25) is 5.91 Å². The van der Waals surface area contributed by atoms with Gasteiger partial charge in [-0.15, -0.1) is 11.6 Å². The minimum atomic E-state index is -0.508. The fourth-order valence-corrected chi connectivity index (χ4v) is 6.40. The zero-order chi connectivity index (χ0) is 19.9. The second-order valence-corrected chi connectivity index (χ2v) is 9.58. The SMILES string of the molecule is CC(=O)Nc1ccc(NC(=O)COC(=O)C23C[C@@H]4C[C@@H](CC(Cl)(C4)C2)C3)cc1. The summed E-state index contributed by atoms with van der Waals surface area (Å²) in [6, 6.07) is 6.75. The molecule has 0 heterocycles. The Hall–Kier alpha value is -2.08. The quantitative estimate of drug-likeness (QED) is 0.578. The fourth-order valence-electron chi connectivity index (χ4n) is 5.71. The van der Waals surface area contributed by atoms with Crippen LogP contribution in [0, 0.1) is 17.3 Å². The summed E-state index contributed by atoms with van der Waals surface area (Å²) >= 11 is 6.77. The number of amides is 2. The van der Waals surface area contributed by atoms with E-state index in [1.807, 2.05) is 0 Å². The molecule has 2 amide bonds. The number of carbonyl (C=O) groups is 3. The Morgan fingerprint density at radius 1 is 1.04 bits per heavy atom. The normalized spacial score (nSPS) is 32.6. The summed E-state index contributed by atoms with van der Waals surface area (Å²) in [4.78, 5) is 35.8. The van der Waals surface area contributed by atoms with Crippen molar-refractivity contribution in [2.45, 2.75) is 50.3 Å². The molecule has 1 aromatic rings. The average molecular weight is 405 g/mol. The minimum absolute atomic E-state index is 0.160. The predicted octanol–water partition coefficient (Wildman–Crippen LogP) is 3.70. The van der Waals surface area contributed by atoms with Crippen molar-refractivity contribution in [3.05, 3.63) is 24.3 Å². The second-order valence-electron chi connectivity index (χ2n) is 8.78. The van der Waals surface area contributed by atoms with Gasteiger partial charge in [0, 0.05) is 23.2 Å². The van der Waals surface area contributed by atoms with Crippen LogP contribution >= 0.6 is 11.6 Å². The highest BCUT2D eigenvalue weighted by Gasteiger charge is 2.60. The van der Waals surface area contributed by atoms with Crippen LogP contribution in [0.1, 0.15) is 45.4 Å². The van der Waals surface area contributed by atoms with E-state index in [0.29, 0.717) is 29.6 Å². The molecule has 0 saturated heterocycles. The zero-order valence-electron chi connectivity index (χ0n) is 15.9. The van der Waals surface area contributed by atoms with Crippen LogP contribution < -0.4 is 10.6 Å². The average Bonchev–Trinajstić information content (AvgIpc) is 2.59. The smallest absolute Gasteiger partial charge is 0.312 e. The summed E-state index contributed by atoms with van der Waals surface area (Å²) in [5.41, 5.74) is 0.713. The van der Waals surface area contributed by atoms with Gasteiger partial charge in [0.1, 0.15) is 0 Å². The van der Waals surface area contributed by atoms with Gasteiger partial charge >= 0.3 is 5.97 Å². The topological polar surface area (TPSA) is 84.5 Å².